The van der Waals surface area contributed by atoms with Crippen molar-refractivity contribution in [1.82, 2.24) is 4.90 Å². The van der Waals surface area contributed by atoms with Gasteiger partial charge in [-0.2, -0.15) is 0 Å². The Morgan fingerprint density at radius 1 is 0.480 bits per heavy atom. The Bertz CT molecular complexity index is 2480. The van der Waals surface area contributed by atoms with Gasteiger partial charge in [0.15, 0.2) is 5.84 Å². The van der Waals surface area contributed by atoms with Crippen LogP contribution in [0.15, 0.2) is 186 Å². The Hall–Kier alpha value is -6.10. The maximum absolute atomic E-state index is 5.38. The first kappa shape index (κ1) is 30.0. The van der Waals surface area contributed by atoms with E-state index in [4.69, 9.17) is 9.98 Å². The number of benzene rings is 7. The third kappa shape index (κ3) is 5.50. The number of nitrogens with zero attached hydrogens (tertiary/aromatic N) is 3. The molecule has 1 unspecified atom stereocenters. The van der Waals surface area contributed by atoms with E-state index in [1.165, 1.54) is 48.0 Å². The summed E-state index contributed by atoms with van der Waals surface area (Å²) in [6.07, 6.45) is -0.228. The van der Waals surface area contributed by atoms with Crippen molar-refractivity contribution < 1.29 is 0 Å². The van der Waals surface area contributed by atoms with E-state index in [0.717, 1.165) is 33.9 Å². The summed E-state index contributed by atoms with van der Waals surface area (Å²) >= 11 is 1.84. The third-order valence-electron chi connectivity index (χ3n) is 9.49. The molecule has 0 bridgehead atoms. The second kappa shape index (κ2) is 12.7. The molecule has 1 aromatic heterocycles. The highest BCUT2D eigenvalue weighted by Crippen LogP contribution is 2.42. The van der Waals surface area contributed by atoms with E-state index in [0.29, 0.717) is 0 Å². The number of aliphatic imine (C=N–C) groups is 2. The molecule has 8 aromatic rings. The molecule has 0 radical (unpaired) electrons. The third-order valence-corrected chi connectivity index (χ3v) is 10.6. The fraction of sp³-hybridized carbons (Fsp3) is 0.0435. The summed E-state index contributed by atoms with van der Waals surface area (Å²) in [5.74, 6) is 1.65. The molecule has 0 spiro atoms. The van der Waals surface area contributed by atoms with E-state index in [-0.39, 0.29) is 6.17 Å². The van der Waals surface area contributed by atoms with Gasteiger partial charge in [0, 0.05) is 38.3 Å². The van der Waals surface area contributed by atoms with E-state index in [1.54, 1.807) is 0 Å². The van der Waals surface area contributed by atoms with Crippen LogP contribution in [0.3, 0.4) is 0 Å². The Kier molecular flexibility index (Phi) is 7.64. The molecule has 7 aromatic carbocycles. The number of thiophene rings is 1. The van der Waals surface area contributed by atoms with E-state index >= 15 is 0 Å². The molecule has 1 aliphatic rings. The zero-order valence-corrected chi connectivity index (χ0v) is 28.4. The van der Waals surface area contributed by atoms with Gasteiger partial charge in [0.05, 0.1) is 0 Å². The molecule has 0 saturated heterocycles. The molecular weight excluding hydrogens is 627 g/mol. The molecule has 4 heteroatoms. The first-order valence-corrected chi connectivity index (χ1v) is 17.7. The molecular formula is C46H33N3S. The van der Waals surface area contributed by atoms with Crippen LogP contribution in [0.1, 0.15) is 22.9 Å². The number of rotatable bonds is 6. The van der Waals surface area contributed by atoms with E-state index in [1.807, 2.05) is 17.4 Å². The normalized spacial score (nSPS) is 14.5. The van der Waals surface area contributed by atoms with Gasteiger partial charge in [-0.25, -0.2) is 9.98 Å². The fourth-order valence-corrected chi connectivity index (χ4v) is 8.18. The van der Waals surface area contributed by atoms with Crippen LogP contribution in [0.2, 0.25) is 0 Å². The van der Waals surface area contributed by atoms with E-state index < -0.39 is 0 Å². The van der Waals surface area contributed by atoms with Crippen LogP contribution in [0.5, 0.6) is 0 Å². The minimum Gasteiger partial charge on any atom is -0.333 e. The minimum atomic E-state index is -0.228. The van der Waals surface area contributed by atoms with Crippen LogP contribution in [0.4, 0.5) is 0 Å². The lowest BCUT2D eigenvalue weighted by Crippen LogP contribution is -2.35. The average Bonchev–Trinajstić information content (AvgIpc) is 3.58. The van der Waals surface area contributed by atoms with Crippen molar-refractivity contribution in [2.75, 3.05) is 7.05 Å². The van der Waals surface area contributed by atoms with Crippen molar-refractivity contribution in [3.05, 3.63) is 193 Å². The molecule has 1 aliphatic heterocycles. The van der Waals surface area contributed by atoms with Gasteiger partial charge in [0.1, 0.15) is 12.0 Å². The summed E-state index contributed by atoms with van der Waals surface area (Å²) in [6.45, 7) is 0. The van der Waals surface area contributed by atoms with Crippen LogP contribution in [0, 0.1) is 0 Å². The molecule has 9 rings (SSSR count). The highest BCUT2D eigenvalue weighted by atomic mass is 32.1. The summed E-state index contributed by atoms with van der Waals surface area (Å²) in [5.41, 5.74) is 10.3. The number of hydrogen-bond acceptors (Lipinski definition) is 4. The van der Waals surface area contributed by atoms with Crippen molar-refractivity contribution in [3.63, 3.8) is 0 Å². The zero-order chi connectivity index (χ0) is 33.4. The van der Waals surface area contributed by atoms with Gasteiger partial charge in [-0.05, 0) is 75.3 Å². The van der Waals surface area contributed by atoms with Crippen molar-refractivity contribution >= 4 is 43.2 Å². The summed E-state index contributed by atoms with van der Waals surface area (Å²) in [5, 5.41) is 2.47. The summed E-state index contributed by atoms with van der Waals surface area (Å²) in [7, 11) is 2.12. The van der Waals surface area contributed by atoms with Gasteiger partial charge in [-0.15, -0.1) is 11.3 Å². The lowest BCUT2D eigenvalue weighted by Gasteiger charge is -2.33. The molecule has 0 N–H and O–H groups in total. The standard InChI is InChI=1S/C46H33N3S/c1-49-45(34-22-12-5-13-23-34)47-44(33-20-10-4-11-21-33)48-46(49)40-29-38(30-42-43(40)39-24-14-15-25-41(39)50-42)37-27-35(31-16-6-2-7-17-31)26-36(28-37)32-18-8-3-9-19-32/h2-30,45H,1H3. The molecule has 238 valence electrons. The lowest BCUT2D eigenvalue weighted by atomic mass is 9.91. The molecule has 50 heavy (non-hydrogen) atoms. The topological polar surface area (TPSA) is 28.0 Å². The van der Waals surface area contributed by atoms with Crippen molar-refractivity contribution in [2.24, 2.45) is 9.98 Å². The minimum absolute atomic E-state index is 0.228. The highest BCUT2D eigenvalue weighted by molar-refractivity contribution is 7.26. The van der Waals surface area contributed by atoms with Gasteiger partial charge in [-0.3, -0.25) is 0 Å². The first-order valence-electron chi connectivity index (χ1n) is 16.9. The average molecular weight is 660 g/mol. The van der Waals surface area contributed by atoms with Gasteiger partial charge in [0.2, 0.25) is 0 Å². The molecule has 3 nitrogen and oxygen atoms in total. The van der Waals surface area contributed by atoms with Crippen molar-refractivity contribution in [3.8, 4) is 33.4 Å². The molecule has 0 fully saturated rings. The van der Waals surface area contributed by atoms with E-state index in [9.17, 15) is 0 Å². The second-order valence-electron chi connectivity index (χ2n) is 12.7. The quantitative estimate of drug-likeness (QED) is 0.175. The van der Waals surface area contributed by atoms with Crippen molar-refractivity contribution in [1.29, 1.82) is 0 Å². The molecule has 0 aliphatic carbocycles. The predicted octanol–water partition coefficient (Wildman–Crippen LogP) is 11.9. The first-order chi connectivity index (χ1) is 24.7. The largest absolute Gasteiger partial charge is 0.333 e. The maximum Gasteiger partial charge on any atom is 0.159 e. The molecule has 0 saturated carbocycles. The number of amidine groups is 2. The van der Waals surface area contributed by atoms with Crippen molar-refractivity contribution in [2.45, 2.75) is 6.17 Å². The van der Waals surface area contributed by atoms with Gasteiger partial charge < -0.3 is 4.90 Å². The monoisotopic (exact) mass is 659 g/mol. The Balaban J connectivity index is 1.30. The van der Waals surface area contributed by atoms with Crippen LogP contribution < -0.4 is 0 Å². The highest BCUT2D eigenvalue weighted by Gasteiger charge is 2.29. The number of fused-ring (bicyclic) bond motifs is 3. The zero-order valence-electron chi connectivity index (χ0n) is 27.6. The smallest absolute Gasteiger partial charge is 0.159 e. The lowest BCUT2D eigenvalue weighted by molar-refractivity contribution is 0.383. The SMILES string of the molecule is CN1C(c2cc(-c3cc(-c4ccccc4)cc(-c4ccccc4)c3)cc3sc4ccccc4c23)=NC(c2ccccc2)=NC1c1ccccc1. The maximum atomic E-state index is 5.38. The second-order valence-corrected chi connectivity index (χ2v) is 13.8. The Labute approximate surface area is 296 Å². The predicted molar refractivity (Wildman–Crippen MR) is 212 cm³/mol. The van der Waals surface area contributed by atoms with Gasteiger partial charge in [0.25, 0.3) is 0 Å². The summed E-state index contributed by atoms with van der Waals surface area (Å²) < 4.78 is 2.50. The molecule has 0 amide bonds. The van der Waals surface area contributed by atoms with Crippen LogP contribution in [-0.2, 0) is 0 Å². The van der Waals surface area contributed by atoms with Gasteiger partial charge >= 0.3 is 0 Å². The Morgan fingerprint density at radius 3 is 1.60 bits per heavy atom. The Morgan fingerprint density at radius 2 is 0.980 bits per heavy atom. The van der Waals surface area contributed by atoms with Crippen LogP contribution in [0.25, 0.3) is 53.6 Å². The van der Waals surface area contributed by atoms with Crippen LogP contribution >= 0.6 is 11.3 Å². The van der Waals surface area contributed by atoms with Gasteiger partial charge in [-0.1, -0.05) is 140 Å². The summed E-state index contributed by atoms with van der Waals surface area (Å²) in [4.78, 5) is 12.9. The van der Waals surface area contributed by atoms with E-state index in [2.05, 4.69) is 182 Å². The number of hydrogen-bond donors (Lipinski definition) is 0. The van der Waals surface area contributed by atoms with Crippen LogP contribution in [-0.4, -0.2) is 23.6 Å². The fourth-order valence-electron chi connectivity index (χ4n) is 7.01. The summed E-state index contributed by atoms with van der Waals surface area (Å²) in [6, 6.07) is 62.6. The molecule has 1 atom stereocenters. The molecule has 2 heterocycles.